The van der Waals surface area contributed by atoms with Crippen molar-refractivity contribution in [1.29, 1.82) is 0 Å². The van der Waals surface area contributed by atoms with Gasteiger partial charge in [-0.25, -0.2) is 0 Å². The normalized spacial score (nSPS) is 11.8. The third-order valence-corrected chi connectivity index (χ3v) is 5.73. The Balaban J connectivity index is 1.54. The quantitative estimate of drug-likeness (QED) is 0.588. The highest BCUT2D eigenvalue weighted by atomic mass is 32.1. The molecule has 7 heteroatoms. The number of nitrogens with one attached hydrogen (secondary N) is 2. The lowest BCUT2D eigenvalue weighted by Gasteiger charge is -2.07. The number of carbonyl (C=O) groups excluding carboxylic acids is 2. The summed E-state index contributed by atoms with van der Waals surface area (Å²) in [6.07, 6.45) is -0.658. The average molecular weight is 386 g/mol. The summed E-state index contributed by atoms with van der Waals surface area (Å²) in [5.41, 5.74) is 1.58. The summed E-state index contributed by atoms with van der Waals surface area (Å²) in [7, 11) is 0. The summed E-state index contributed by atoms with van der Waals surface area (Å²) in [5.74, 6) is -1.40. The maximum absolute atomic E-state index is 12.0. The van der Waals surface area contributed by atoms with Crippen LogP contribution < -0.4 is 10.6 Å². The molecule has 1 aromatic carbocycles. The van der Waals surface area contributed by atoms with Crippen LogP contribution in [-0.2, 0) is 16.1 Å². The zero-order chi connectivity index (χ0) is 18.5. The van der Waals surface area contributed by atoms with Gasteiger partial charge < -0.3 is 15.7 Å². The highest BCUT2D eigenvalue weighted by Gasteiger charge is 2.16. The first-order valence-corrected chi connectivity index (χ1v) is 9.68. The Morgan fingerprint density at radius 2 is 1.92 bits per heavy atom. The molecular weight excluding hydrogens is 368 g/mol. The lowest BCUT2D eigenvalue weighted by molar-refractivity contribution is -0.136. The Morgan fingerprint density at radius 1 is 1.08 bits per heavy atom. The molecular formula is C19H18N2O3S2. The van der Waals surface area contributed by atoms with Gasteiger partial charge in [0.1, 0.15) is 6.10 Å². The molecule has 0 fully saturated rings. The van der Waals surface area contributed by atoms with Crippen molar-refractivity contribution in [2.75, 3.05) is 5.32 Å². The van der Waals surface area contributed by atoms with E-state index in [1.807, 2.05) is 48.7 Å². The smallest absolute Gasteiger partial charge is 0.313 e. The molecule has 3 rings (SSSR count). The minimum absolute atomic E-state index is 0.238. The van der Waals surface area contributed by atoms with Gasteiger partial charge in [-0.05, 0) is 48.2 Å². The van der Waals surface area contributed by atoms with Gasteiger partial charge in [-0.2, -0.15) is 0 Å². The Hall–Kier alpha value is -2.48. The molecule has 3 N–H and O–H groups in total. The highest BCUT2D eigenvalue weighted by Crippen LogP contribution is 2.30. The van der Waals surface area contributed by atoms with Gasteiger partial charge in [0.25, 0.3) is 0 Å². The van der Waals surface area contributed by atoms with Crippen molar-refractivity contribution in [1.82, 2.24) is 5.32 Å². The molecule has 2 amide bonds. The molecule has 0 spiro atoms. The number of anilines is 1. The first-order chi connectivity index (χ1) is 12.5. The van der Waals surface area contributed by atoms with E-state index in [4.69, 9.17) is 0 Å². The largest absolute Gasteiger partial charge is 0.382 e. The van der Waals surface area contributed by atoms with Gasteiger partial charge in [-0.3, -0.25) is 9.59 Å². The van der Waals surface area contributed by atoms with Crippen LogP contribution in [0.5, 0.6) is 0 Å². The van der Waals surface area contributed by atoms with E-state index in [9.17, 15) is 14.7 Å². The zero-order valence-electron chi connectivity index (χ0n) is 14.1. The van der Waals surface area contributed by atoms with Crippen LogP contribution in [0.2, 0.25) is 0 Å². The SMILES string of the molecule is Cc1cccc(NC(=O)C(=O)NCc2ccc(C(O)c3cccs3)s2)c1. The number of aliphatic hydroxyl groups excluding tert-OH is 1. The topological polar surface area (TPSA) is 78.4 Å². The zero-order valence-corrected chi connectivity index (χ0v) is 15.7. The molecule has 2 aromatic heterocycles. The van der Waals surface area contributed by atoms with E-state index >= 15 is 0 Å². The molecule has 0 aliphatic rings. The summed E-state index contributed by atoms with van der Waals surface area (Å²) < 4.78 is 0. The van der Waals surface area contributed by atoms with Gasteiger partial charge >= 0.3 is 11.8 Å². The lowest BCUT2D eigenvalue weighted by Crippen LogP contribution is -2.34. The molecule has 3 aromatic rings. The van der Waals surface area contributed by atoms with E-state index in [-0.39, 0.29) is 6.54 Å². The number of hydrogen-bond acceptors (Lipinski definition) is 5. The fourth-order valence-electron chi connectivity index (χ4n) is 2.38. The second-order valence-electron chi connectivity index (χ2n) is 5.73. The van der Waals surface area contributed by atoms with Gasteiger partial charge in [0.2, 0.25) is 0 Å². The van der Waals surface area contributed by atoms with Gasteiger partial charge in [0.15, 0.2) is 0 Å². The molecule has 2 heterocycles. The molecule has 0 bridgehead atoms. The van der Waals surface area contributed by atoms with Crippen molar-refractivity contribution >= 4 is 40.2 Å². The fraction of sp³-hybridized carbons (Fsp3) is 0.158. The maximum Gasteiger partial charge on any atom is 0.313 e. The van der Waals surface area contributed by atoms with E-state index < -0.39 is 17.9 Å². The van der Waals surface area contributed by atoms with Gasteiger partial charge in [0.05, 0.1) is 6.54 Å². The van der Waals surface area contributed by atoms with Crippen LogP contribution in [-0.4, -0.2) is 16.9 Å². The highest BCUT2D eigenvalue weighted by molar-refractivity contribution is 7.12. The Labute approximate surface area is 159 Å². The molecule has 0 saturated carbocycles. The van der Waals surface area contributed by atoms with Crippen molar-refractivity contribution in [2.45, 2.75) is 19.6 Å². The van der Waals surface area contributed by atoms with E-state index in [0.29, 0.717) is 5.69 Å². The Bertz CT molecular complexity index is 903. The van der Waals surface area contributed by atoms with E-state index in [1.54, 1.807) is 12.1 Å². The van der Waals surface area contributed by atoms with Gasteiger partial charge in [-0.15, -0.1) is 22.7 Å². The van der Waals surface area contributed by atoms with Crippen molar-refractivity contribution in [3.8, 4) is 0 Å². The standard InChI is InChI=1S/C19H18N2O3S2/c1-12-4-2-5-13(10-12)21-19(24)18(23)20-11-14-7-8-16(26-14)17(22)15-6-3-9-25-15/h2-10,17,22H,11H2,1H3,(H,20,23)(H,21,24). The van der Waals surface area contributed by atoms with Crippen molar-refractivity contribution in [3.05, 3.63) is 74.1 Å². The lowest BCUT2D eigenvalue weighted by atomic mass is 10.2. The molecule has 1 atom stereocenters. The number of aliphatic hydroxyl groups is 1. The fourth-order valence-corrected chi connectivity index (χ4v) is 4.14. The third-order valence-electron chi connectivity index (χ3n) is 3.67. The first-order valence-electron chi connectivity index (χ1n) is 7.99. The molecule has 0 saturated heterocycles. The van der Waals surface area contributed by atoms with E-state index in [1.165, 1.54) is 22.7 Å². The van der Waals surface area contributed by atoms with Crippen LogP contribution in [0.3, 0.4) is 0 Å². The van der Waals surface area contributed by atoms with Crippen LogP contribution in [0.1, 0.15) is 26.3 Å². The molecule has 0 aliphatic heterocycles. The summed E-state index contributed by atoms with van der Waals surface area (Å²) in [6, 6.07) is 14.7. The summed E-state index contributed by atoms with van der Waals surface area (Å²) in [5, 5.41) is 17.4. The number of thiophene rings is 2. The van der Waals surface area contributed by atoms with Crippen LogP contribution in [0.25, 0.3) is 0 Å². The molecule has 26 heavy (non-hydrogen) atoms. The monoisotopic (exact) mass is 386 g/mol. The van der Waals surface area contributed by atoms with Crippen LogP contribution in [0, 0.1) is 6.92 Å². The second kappa shape index (κ2) is 8.27. The minimum Gasteiger partial charge on any atom is -0.382 e. The Morgan fingerprint density at radius 3 is 2.65 bits per heavy atom. The maximum atomic E-state index is 12.0. The molecule has 134 valence electrons. The number of amides is 2. The number of aryl methyl sites for hydroxylation is 1. The molecule has 5 nitrogen and oxygen atoms in total. The first kappa shape index (κ1) is 18.3. The number of benzene rings is 1. The van der Waals surface area contributed by atoms with E-state index in [2.05, 4.69) is 10.6 Å². The average Bonchev–Trinajstić information content (AvgIpc) is 3.31. The summed E-state index contributed by atoms with van der Waals surface area (Å²) in [4.78, 5) is 26.5. The predicted molar refractivity (Wildman–Crippen MR) is 104 cm³/mol. The summed E-state index contributed by atoms with van der Waals surface area (Å²) >= 11 is 2.90. The Kier molecular flexibility index (Phi) is 5.82. The number of carbonyl (C=O) groups is 2. The van der Waals surface area contributed by atoms with Crippen molar-refractivity contribution in [2.24, 2.45) is 0 Å². The second-order valence-corrected chi connectivity index (χ2v) is 7.91. The van der Waals surface area contributed by atoms with Crippen molar-refractivity contribution < 1.29 is 14.7 Å². The molecule has 0 aliphatic carbocycles. The number of hydrogen-bond donors (Lipinski definition) is 3. The van der Waals surface area contributed by atoms with Crippen LogP contribution in [0.15, 0.2) is 53.9 Å². The predicted octanol–water partition coefficient (Wildman–Crippen LogP) is 3.45. The van der Waals surface area contributed by atoms with E-state index in [0.717, 1.165) is 20.2 Å². The van der Waals surface area contributed by atoms with Crippen molar-refractivity contribution in [3.63, 3.8) is 0 Å². The van der Waals surface area contributed by atoms with Gasteiger partial charge in [-0.1, -0.05) is 18.2 Å². The minimum atomic E-state index is -0.703. The molecule has 0 radical (unpaired) electrons. The van der Waals surface area contributed by atoms with Crippen LogP contribution in [0.4, 0.5) is 5.69 Å². The number of rotatable bonds is 5. The third kappa shape index (κ3) is 4.57. The molecule has 1 unspecified atom stereocenters. The van der Waals surface area contributed by atoms with Crippen LogP contribution >= 0.6 is 22.7 Å². The summed E-state index contributed by atoms with van der Waals surface area (Å²) in [6.45, 7) is 2.15. The van der Waals surface area contributed by atoms with Gasteiger partial charge in [0, 0.05) is 20.3 Å².